The topological polar surface area (TPSA) is 103 Å². The van der Waals surface area contributed by atoms with Gasteiger partial charge in [-0.05, 0) is 69.5 Å². The predicted octanol–water partition coefficient (Wildman–Crippen LogP) is 6.21. The van der Waals surface area contributed by atoms with Gasteiger partial charge >= 0.3 is 5.97 Å². The van der Waals surface area contributed by atoms with Crippen LogP contribution >= 0.6 is 31.9 Å². The molecule has 4 rings (SSSR count). The summed E-state index contributed by atoms with van der Waals surface area (Å²) in [5.74, 6) is 0.494. The fourth-order valence-corrected chi connectivity index (χ4v) is 4.56. The molecule has 0 saturated heterocycles. The Morgan fingerprint density at radius 2 is 1.86 bits per heavy atom. The molecule has 0 aliphatic rings. The van der Waals surface area contributed by atoms with Crippen molar-refractivity contribution in [2.24, 2.45) is 5.10 Å². The van der Waals surface area contributed by atoms with E-state index in [1.165, 1.54) is 23.9 Å². The summed E-state index contributed by atoms with van der Waals surface area (Å²) >= 11 is 6.94. The van der Waals surface area contributed by atoms with Crippen LogP contribution in [0.5, 0.6) is 11.5 Å². The van der Waals surface area contributed by atoms with E-state index in [0.29, 0.717) is 38.3 Å². The van der Waals surface area contributed by atoms with Gasteiger partial charge in [0.05, 0.1) is 34.3 Å². The summed E-state index contributed by atoms with van der Waals surface area (Å²) in [6, 6.07) is 15.4. The molecular formula is C27H23Br2N3O5. The number of aromatic carboxylic acids is 1. The summed E-state index contributed by atoms with van der Waals surface area (Å²) in [4.78, 5) is 29.0. The van der Waals surface area contributed by atoms with Crippen LogP contribution in [0.1, 0.15) is 47.1 Å². The van der Waals surface area contributed by atoms with E-state index >= 15 is 0 Å². The van der Waals surface area contributed by atoms with Crippen molar-refractivity contribution in [2.45, 2.75) is 26.4 Å². The van der Waals surface area contributed by atoms with Crippen LogP contribution in [-0.4, -0.2) is 34.1 Å². The molecule has 10 heteroatoms. The third kappa shape index (κ3) is 5.91. The van der Waals surface area contributed by atoms with Crippen LogP contribution < -0.4 is 15.0 Å². The van der Waals surface area contributed by atoms with E-state index in [2.05, 4.69) is 41.9 Å². The number of carboxylic acids is 1. The Balaban J connectivity index is 1.64. The van der Waals surface area contributed by atoms with Crippen LogP contribution in [0.3, 0.4) is 0 Å². The zero-order chi connectivity index (χ0) is 26.7. The highest BCUT2D eigenvalue weighted by Crippen LogP contribution is 2.37. The van der Waals surface area contributed by atoms with Crippen molar-refractivity contribution in [1.29, 1.82) is 0 Å². The normalized spacial score (nSPS) is 11.4. The highest BCUT2D eigenvalue weighted by Gasteiger charge is 2.15. The lowest BCUT2D eigenvalue weighted by atomic mass is 10.1. The molecular weight excluding hydrogens is 606 g/mol. The molecule has 0 aliphatic carbocycles. The lowest BCUT2D eigenvalue weighted by Gasteiger charge is -2.14. The number of benzene rings is 3. The summed E-state index contributed by atoms with van der Waals surface area (Å²) in [6.07, 6.45) is 1.57. The minimum atomic E-state index is -0.982. The fraction of sp³-hybridized carbons (Fsp3) is 0.185. The third-order valence-corrected chi connectivity index (χ3v) is 6.59. The number of hydrogen-bond donors (Lipinski definition) is 1. The third-order valence-electron chi connectivity index (χ3n) is 5.51. The number of rotatable bonds is 8. The first kappa shape index (κ1) is 26.6. The minimum absolute atomic E-state index is 0.0282. The maximum absolute atomic E-state index is 13.3. The molecule has 0 radical (unpaired) electrons. The molecule has 4 aromatic rings. The van der Waals surface area contributed by atoms with Crippen molar-refractivity contribution in [3.05, 3.63) is 96.4 Å². The quantitative estimate of drug-likeness (QED) is 0.233. The highest BCUT2D eigenvalue weighted by atomic mass is 79.9. The molecule has 37 heavy (non-hydrogen) atoms. The average molecular weight is 629 g/mol. The van der Waals surface area contributed by atoms with E-state index in [1.807, 2.05) is 26.0 Å². The van der Waals surface area contributed by atoms with Crippen molar-refractivity contribution in [2.75, 3.05) is 7.11 Å². The summed E-state index contributed by atoms with van der Waals surface area (Å²) < 4.78 is 14.2. The van der Waals surface area contributed by atoms with E-state index in [9.17, 15) is 9.59 Å². The SMILES string of the molecule is COc1cc(C=Nn2c(C(C)C)nc3ccc(Br)cc3c2=O)cc(Br)c1OCc1ccc(C(=O)O)cc1. The van der Waals surface area contributed by atoms with Gasteiger partial charge in [-0.25, -0.2) is 9.78 Å². The van der Waals surface area contributed by atoms with Crippen molar-refractivity contribution in [3.8, 4) is 11.5 Å². The number of methoxy groups -OCH3 is 1. The Bertz CT molecular complexity index is 1560. The molecule has 0 unspecified atom stereocenters. The molecule has 0 atom stereocenters. The van der Waals surface area contributed by atoms with Gasteiger partial charge in [0, 0.05) is 10.4 Å². The fourth-order valence-electron chi connectivity index (χ4n) is 3.63. The molecule has 0 amide bonds. The second-order valence-corrected chi connectivity index (χ2v) is 10.2. The molecule has 0 bridgehead atoms. The zero-order valence-corrected chi connectivity index (χ0v) is 23.4. The number of carbonyl (C=O) groups is 1. The van der Waals surface area contributed by atoms with Crippen molar-refractivity contribution in [3.63, 3.8) is 0 Å². The molecule has 0 fully saturated rings. The second kappa shape index (κ2) is 11.3. The van der Waals surface area contributed by atoms with Gasteiger partial charge in [0.25, 0.3) is 5.56 Å². The molecule has 1 N–H and O–H groups in total. The molecule has 0 aliphatic heterocycles. The van der Waals surface area contributed by atoms with Gasteiger partial charge in [-0.3, -0.25) is 4.79 Å². The number of nitrogens with zero attached hydrogens (tertiary/aromatic N) is 3. The van der Waals surface area contributed by atoms with E-state index in [4.69, 9.17) is 14.6 Å². The Morgan fingerprint density at radius 3 is 2.51 bits per heavy atom. The second-order valence-electron chi connectivity index (χ2n) is 8.47. The van der Waals surface area contributed by atoms with E-state index in [-0.39, 0.29) is 23.6 Å². The van der Waals surface area contributed by atoms with Crippen LogP contribution in [0.2, 0.25) is 0 Å². The Hall–Kier alpha value is -3.50. The van der Waals surface area contributed by atoms with Gasteiger partial charge in [-0.2, -0.15) is 9.78 Å². The molecule has 1 heterocycles. The van der Waals surface area contributed by atoms with Gasteiger partial charge < -0.3 is 14.6 Å². The first-order chi connectivity index (χ1) is 17.7. The minimum Gasteiger partial charge on any atom is -0.493 e. The van der Waals surface area contributed by atoms with Crippen LogP contribution in [-0.2, 0) is 6.61 Å². The smallest absolute Gasteiger partial charge is 0.335 e. The molecule has 1 aromatic heterocycles. The number of hydrogen-bond acceptors (Lipinski definition) is 6. The summed E-state index contributed by atoms with van der Waals surface area (Å²) in [5, 5.41) is 14.0. The number of fused-ring (bicyclic) bond motifs is 1. The van der Waals surface area contributed by atoms with Gasteiger partial charge in [0.1, 0.15) is 12.4 Å². The Labute approximate surface area is 229 Å². The lowest BCUT2D eigenvalue weighted by Crippen LogP contribution is -2.23. The van der Waals surface area contributed by atoms with Crippen LogP contribution in [0.15, 0.2) is 73.4 Å². The van der Waals surface area contributed by atoms with Crippen molar-refractivity contribution >= 4 is 54.9 Å². The van der Waals surface area contributed by atoms with Crippen molar-refractivity contribution in [1.82, 2.24) is 9.66 Å². The van der Waals surface area contributed by atoms with Crippen LogP contribution in [0, 0.1) is 0 Å². The van der Waals surface area contributed by atoms with Gasteiger partial charge in [0.15, 0.2) is 11.5 Å². The number of ether oxygens (including phenoxy) is 2. The zero-order valence-electron chi connectivity index (χ0n) is 20.2. The molecule has 0 saturated carbocycles. The monoisotopic (exact) mass is 627 g/mol. The highest BCUT2D eigenvalue weighted by molar-refractivity contribution is 9.10. The van der Waals surface area contributed by atoms with E-state index in [0.717, 1.165) is 10.0 Å². The molecule has 190 valence electrons. The van der Waals surface area contributed by atoms with Crippen LogP contribution in [0.4, 0.5) is 0 Å². The standard InChI is InChI=1S/C27H23Br2N3O5/c1-15(2)25-31-22-9-8-19(28)12-20(22)26(33)32(25)30-13-17-10-21(29)24(23(11-17)36-3)37-14-16-4-6-18(7-5-16)27(34)35/h4-13,15H,14H2,1-3H3,(H,34,35). The van der Waals surface area contributed by atoms with E-state index < -0.39 is 5.97 Å². The maximum Gasteiger partial charge on any atom is 0.335 e. The van der Waals surface area contributed by atoms with Crippen LogP contribution in [0.25, 0.3) is 10.9 Å². The predicted molar refractivity (Wildman–Crippen MR) is 149 cm³/mol. The van der Waals surface area contributed by atoms with Gasteiger partial charge in [0.2, 0.25) is 0 Å². The first-order valence-electron chi connectivity index (χ1n) is 11.3. The molecule has 8 nitrogen and oxygen atoms in total. The Morgan fingerprint density at radius 1 is 1.14 bits per heavy atom. The average Bonchev–Trinajstić information content (AvgIpc) is 2.87. The maximum atomic E-state index is 13.3. The van der Waals surface area contributed by atoms with E-state index in [1.54, 1.807) is 36.5 Å². The summed E-state index contributed by atoms with van der Waals surface area (Å²) in [6.45, 7) is 4.13. The molecule has 0 spiro atoms. The lowest BCUT2D eigenvalue weighted by molar-refractivity contribution is 0.0697. The number of halogens is 2. The largest absolute Gasteiger partial charge is 0.493 e. The first-order valence-corrected chi connectivity index (χ1v) is 12.9. The summed E-state index contributed by atoms with van der Waals surface area (Å²) in [5.41, 5.74) is 2.05. The van der Waals surface area contributed by atoms with Gasteiger partial charge in [-0.15, -0.1) is 0 Å². The number of aromatic nitrogens is 2. The van der Waals surface area contributed by atoms with Gasteiger partial charge in [-0.1, -0.05) is 41.9 Å². The Kier molecular flexibility index (Phi) is 8.09. The van der Waals surface area contributed by atoms with Crippen molar-refractivity contribution < 1.29 is 19.4 Å². The molecule has 3 aromatic carbocycles. The number of carboxylic acid groups (broad SMARTS) is 1. The summed E-state index contributed by atoms with van der Waals surface area (Å²) in [7, 11) is 1.53.